The third-order valence-electron chi connectivity index (χ3n) is 3.07. The number of ether oxygens (including phenoxy) is 1. The lowest BCUT2D eigenvalue weighted by Crippen LogP contribution is -1.96. The van der Waals surface area contributed by atoms with Crippen LogP contribution in [-0.2, 0) is 0 Å². The van der Waals surface area contributed by atoms with Crippen LogP contribution in [0.5, 0.6) is 5.75 Å². The molecule has 0 amide bonds. The van der Waals surface area contributed by atoms with Crippen LogP contribution in [0.1, 0.15) is 18.9 Å². The first-order valence-electron chi connectivity index (χ1n) is 7.26. The van der Waals surface area contributed by atoms with Crippen molar-refractivity contribution >= 4 is 18.4 Å². The molecule has 0 aliphatic carbocycles. The fourth-order valence-electron chi connectivity index (χ4n) is 1.96. The monoisotopic (exact) mass is 328 g/mol. The number of aromatic amines is 1. The summed E-state index contributed by atoms with van der Waals surface area (Å²) in [5.74, 6) is 1.97. The molecule has 1 aromatic carbocycles. The van der Waals surface area contributed by atoms with Gasteiger partial charge in [0.2, 0.25) is 10.6 Å². The summed E-state index contributed by atoms with van der Waals surface area (Å²) in [5.41, 5.74) is 0.933. The first-order chi connectivity index (χ1) is 11.3. The van der Waals surface area contributed by atoms with Crippen molar-refractivity contribution in [2.24, 2.45) is 5.10 Å². The molecule has 0 fully saturated rings. The third-order valence-corrected chi connectivity index (χ3v) is 3.33. The Bertz CT molecular complexity index is 832. The van der Waals surface area contributed by atoms with Crippen molar-refractivity contribution in [2.75, 3.05) is 6.61 Å². The van der Waals surface area contributed by atoms with Gasteiger partial charge in [-0.25, -0.2) is 5.10 Å². The highest BCUT2D eigenvalue weighted by atomic mass is 32.1. The Labute approximate surface area is 138 Å². The van der Waals surface area contributed by atoms with E-state index in [0.717, 1.165) is 17.7 Å². The largest absolute Gasteiger partial charge is 0.494 e. The summed E-state index contributed by atoms with van der Waals surface area (Å²) >= 11 is 5.20. The maximum atomic E-state index is 5.55. The highest BCUT2D eigenvalue weighted by molar-refractivity contribution is 7.71. The number of benzene rings is 1. The molecule has 7 heteroatoms. The molecule has 0 aliphatic heterocycles. The van der Waals surface area contributed by atoms with Gasteiger partial charge >= 0.3 is 0 Å². The molecule has 23 heavy (non-hydrogen) atoms. The highest BCUT2D eigenvalue weighted by Gasteiger charge is 2.10. The van der Waals surface area contributed by atoms with Crippen molar-refractivity contribution < 1.29 is 9.15 Å². The summed E-state index contributed by atoms with van der Waals surface area (Å²) in [6, 6.07) is 11.3. The van der Waals surface area contributed by atoms with Crippen LogP contribution in [0.2, 0.25) is 0 Å². The lowest BCUT2D eigenvalue weighted by molar-refractivity contribution is 0.317. The molecule has 3 aromatic rings. The van der Waals surface area contributed by atoms with Gasteiger partial charge in [-0.05, 0) is 60.6 Å². The van der Waals surface area contributed by atoms with Gasteiger partial charge in [-0.2, -0.15) is 9.78 Å². The van der Waals surface area contributed by atoms with Crippen LogP contribution in [0, 0.1) is 4.77 Å². The number of nitrogens with zero attached hydrogens (tertiary/aromatic N) is 3. The molecule has 0 bridgehead atoms. The number of rotatable bonds is 6. The minimum absolute atomic E-state index is 0.399. The molecule has 0 spiro atoms. The second kappa shape index (κ2) is 7.06. The Balaban J connectivity index is 1.81. The van der Waals surface area contributed by atoms with Crippen molar-refractivity contribution in [3.8, 4) is 17.3 Å². The predicted molar refractivity (Wildman–Crippen MR) is 90.3 cm³/mol. The number of aromatic nitrogens is 3. The smallest absolute Gasteiger partial charge is 0.219 e. The Morgan fingerprint density at radius 1 is 1.35 bits per heavy atom. The van der Waals surface area contributed by atoms with E-state index >= 15 is 0 Å². The number of furan rings is 1. The molecule has 6 nitrogen and oxygen atoms in total. The fraction of sp³-hybridized carbons (Fsp3) is 0.188. The Hall–Kier alpha value is -2.67. The summed E-state index contributed by atoms with van der Waals surface area (Å²) in [5, 5.41) is 11.2. The van der Waals surface area contributed by atoms with E-state index in [1.807, 2.05) is 24.3 Å². The minimum Gasteiger partial charge on any atom is -0.494 e. The first kappa shape index (κ1) is 15.2. The van der Waals surface area contributed by atoms with Gasteiger partial charge in [-0.1, -0.05) is 6.92 Å². The van der Waals surface area contributed by atoms with Gasteiger partial charge in [-0.3, -0.25) is 0 Å². The second-order valence-electron chi connectivity index (χ2n) is 4.80. The quantitative estimate of drug-likeness (QED) is 0.551. The molecular formula is C16H16N4O2S. The number of hydrogen-bond acceptors (Lipinski definition) is 5. The van der Waals surface area contributed by atoms with Gasteiger partial charge in [0.25, 0.3) is 0 Å². The molecule has 0 atom stereocenters. The highest BCUT2D eigenvalue weighted by Crippen LogP contribution is 2.17. The van der Waals surface area contributed by atoms with E-state index in [4.69, 9.17) is 21.4 Å². The zero-order valence-electron chi connectivity index (χ0n) is 12.6. The third kappa shape index (κ3) is 3.57. The summed E-state index contributed by atoms with van der Waals surface area (Å²) in [6.45, 7) is 2.79. The van der Waals surface area contributed by atoms with E-state index < -0.39 is 0 Å². The van der Waals surface area contributed by atoms with Crippen LogP contribution >= 0.6 is 12.2 Å². The lowest BCUT2D eigenvalue weighted by atomic mass is 10.2. The molecular weight excluding hydrogens is 312 g/mol. The molecule has 0 saturated carbocycles. The predicted octanol–water partition coefficient (Wildman–Crippen LogP) is 3.87. The van der Waals surface area contributed by atoms with Gasteiger partial charge in [0.05, 0.1) is 19.1 Å². The van der Waals surface area contributed by atoms with Gasteiger partial charge in [0.1, 0.15) is 5.75 Å². The number of nitrogens with one attached hydrogen (secondary N) is 1. The van der Waals surface area contributed by atoms with Crippen LogP contribution in [0.15, 0.2) is 52.2 Å². The molecule has 0 saturated heterocycles. The van der Waals surface area contributed by atoms with Crippen molar-refractivity contribution in [3.63, 3.8) is 0 Å². The summed E-state index contributed by atoms with van der Waals surface area (Å²) in [4.78, 5) is 0. The fourth-order valence-corrected chi connectivity index (χ4v) is 2.14. The summed E-state index contributed by atoms with van der Waals surface area (Å²) in [6.07, 6.45) is 4.27. The topological polar surface area (TPSA) is 68.3 Å². The lowest BCUT2D eigenvalue weighted by Gasteiger charge is -2.03. The van der Waals surface area contributed by atoms with Gasteiger partial charge in [0.15, 0.2) is 5.76 Å². The van der Waals surface area contributed by atoms with Gasteiger partial charge in [0, 0.05) is 0 Å². The van der Waals surface area contributed by atoms with Gasteiger partial charge in [-0.15, -0.1) is 5.10 Å². The SMILES string of the molecule is CCCOc1ccc(C=Nn2c(-c3ccco3)n[nH]c2=S)cc1. The van der Waals surface area contributed by atoms with E-state index in [0.29, 0.717) is 23.0 Å². The number of H-pyrrole nitrogens is 1. The maximum absolute atomic E-state index is 5.55. The Kier molecular flexibility index (Phi) is 4.68. The minimum atomic E-state index is 0.399. The van der Waals surface area contributed by atoms with Crippen LogP contribution in [0.25, 0.3) is 11.6 Å². The average molecular weight is 328 g/mol. The van der Waals surface area contributed by atoms with E-state index in [1.165, 1.54) is 4.68 Å². The summed E-state index contributed by atoms with van der Waals surface area (Å²) < 4.78 is 12.8. The van der Waals surface area contributed by atoms with Crippen molar-refractivity contribution in [1.82, 2.24) is 14.9 Å². The van der Waals surface area contributed by atoms with Crippen LogP contribution in [0.3, 0.4) is 0 Å². The zero-order chi connectivity index (χ0) is 16.1. The van der Waals surface area contributed by atoms with Crippen molar-refractivity contribution in [1.29, 1.82) is 0 Å². The standard InChI is InChI=1S/C16H16N4O2S/c1-2-9-21-13-7-5-12(6-8-13)11-17-20-15(18-19-16(20)23)14-4-3-10-22-14/h3-8,10-11H,2,9H2,1H3,(H,19,23). The van der Waals surface area contributed by atoms with E-state index in [1.54, 1.807) is 24.6 Å². The Morgan fingerprint density at radius 2 is 2.17 bits per heavy atom. The zero-order valence-corrected chi connectivity index (χ0v) is 13.4. The van der Waals surface area contributed by atoms with Gasteiger partial charge < -0.3 is 9.15 Å². The van der Waals surface area contributed by atoms with E-state index in [2.05, 4.69) is 22.2 Å². The van der Waals surface area contributed by atoms with E-state index in [-0.39, 0.29) is 0 Å². The molecule has 3 rings (SSSR count). The van der Waals surface area contributed by atoms with Crippen LogP contribution in [-0.4, -0.2) is 27.7 Å². The molecule has 2 heterocycles. The van der Waals surface area contributed by atoms with Crippen molar-refractivity contribution in [2.45, 2.75) is 13.3 Å². The first-order valence-corrected chi connectivity index (χ1v) is 7.67. The van der Waals surface area contributed by atoms with E-state index in [9.17, 15) is 0 Å². The second-order valence-corrected chi connectivity index (χ2v) is 5.19. The molecule has 2 aromatic heterocycles. The molecule has 118 valence electrons. The molecule has 0 radical (unpaired) electrons. The average Bonchev–Trinajstić information content (AvgIpc) is 3.21. The normalized spacial score (nSPS) is 11.2. The molecule has 0 unspecified atom stereocenters. The molecule has 1 N–H and O–H groups in total. The molecule has 0 aliphatic rings. The van der Waals surface area contributed by atoms with Crippen LogP contribution in [0.4, 0.5) is 0 Å². The number of hydrogen-bond donors (Lipinski definition) is 1. The van der Waals surface area contributed by atoms with Crippen LogP contribution < -0.4 is 4.74 Å². The summed E-state index contributed by atoms with van der Waals surface area (Å²) in [7, 11) is 0. The maximum Gasteiger partial charge on any atom is 0.219 e. The van der Waals surface area contributed by atoms with Crippen molar-refractivity contribution in [3.05, 3.63) is 53.0 Å². The Morgan fingerprint density at radius 3 is 2.87 bits per heavy atom.